The SMILES string of the molecule is Cc1cc([N+](=O)[O-])ccc1SC(C)CCO. The van der Waals surface area contributed by atoms with E-state index in [1.54, 1.807) is 23.9 Å². The third kappa shape index (κ3) is 3.50. The molecule has 1 aromatic rings. The van der Waals surface area contributed by atoms with E-state index in [-0.39, 0.29) is 12.3 Å². The number of aliphatic hydroxyl groups is 1. The van der Waals surface area contributed by atoms with E-state index in [1.165, 1.54) is 6.07 Å². The number of aliphatic hydroxyl groups excluding tert-OH is 1. The Balaban J connectivity index is 2.79. The summed E-state index contributed by atoms with van der Waals surface area (Å²) in [5, 5.41) is 19.7. The van der Waals surface area contributed by atoms with E-state index < -0.39 is 4.92 Å². The van der Waals surface area contributed by atoms with Gasteiger partial charge in [-0.05, 0) is 25.0 Å². The van der Waals surface area contributed by atoms with Crippen LogP contribution in [0.5, 0.6) is 0 Å². The number of nitro benzene ring substituents is 1. The standard InChI is InChI=1S/C11H15NO3S/c1-8-7-10(12(14)15)3-4-11(8)16-9(2)5-6-13/h3-4,7,9,13H,5-6H2,1-2H3. The Hall–Kier alpha value is -1.07. The van der Waals surface area contributed by atoms with Crippen molar-refractivity contribution in [3.05, 3.63) is 33.9 Å². The number of thioether (sulfide) groups is 1. The number of aryl methyl sites for hydroxylation is 1. The van der Waals surface area contributed by atoms with Crippen LogP contribution in [0.15, 0.2) is 23.1 Å². The van der Waals surface area contributed by atoms with Crippen LogP contribution in [0.4, 0.5) is 5.69 Å². The van der Waals surface area contributed by atoms with E-state index in [4.69, 9.17) is 5.11 Å². The number of hydrogen-bond acceptors (Lipinski definition) is 4. The molecule has 0 heterocycles. The van der Waals surface area contributed by atoms with Gasteiger partial charge >= 0.3 is 0 Å². The van der Waals surface area contributed by atoms with Crippen LogP contribution in [0.3, 0.4) is 0 Å². The monoisotopic (exact) mass is 241 g/mol. The van der Waals surface area contributed by atoms with Gasteiger partial charge in [-0.15, -0.1) is 11.8 Å². The molecule has 0 aromatic heterocycles. The summed E-state index contributed by atoms with van der Waals surface area (Å²) in [6.07, 6.45) is 0.723. The quantitative estimate of drug-likeness (QED) is 0.489. The van der Waals surface area contributed by atoms with Crippen molar-refractivity contribution in [2.24, 2.45) is 0 Å². The summed E-state index contributed by atoms with van der Waals surface area (Å²) in [6, 6.07) is 4.86. The van der Waals surface area contributed by atoms with Crippen LogP contribution in [0.1, 0.15) is 18.9 Å². The average Bonchev–Trinajstić information content (AvgIpc) is 2.21. The van der Waals surface area contributed by atoms with E-state index in [0.717, 1.165) is 16.9 Å². The highest BCUT2D eigenvalue weighted by Gasteiger charge is 2.10. The maximum absolute atomic E-state index is 10.6. The Kier molecular flexibility index (Phi) is 4.76. The smallest absolute Gasteiger partial charge is 0.269 e. The Morgan fingerprint density at radius 3 is 2.75 bits per heavy atom. The Morgan fingerprint density at radius 2 is 2.25 bits per heavy atom. The van der Waals surface area contributed by atoms with Crippen molar-refractivity contribution < 1.29 is 10.0 Å². The molecule has 1 rings (SSSR count). The molecule has 0 bridgehead atoms. The first-order valence-electron chi connectivity index (χ1n) is 5.07. The van der Waals surface area contributed by atoms with Crippen LogP contribution >= 0.6 is 11.8 Å². The second-order valence-electron chi connectivity index (χ2n) is 3.65. The zero-order valence-electron chi connectivity index (χ0n) is 9.34. The maximum atomic E-state index is 10.6. The van der Waals surface area contributed by atoms with E-state index >= 15 is 0 Å². The van der Waals surface area contributed by atoms with Gasteiger partial charge in [0.2, 0.25) is 0 Å². The molecule has 0 spiro atoms. The fourth-order valence-electron chi connectivity index (χ4n) is 1.34. The molecular weight excluding hydrogens is 226 g/mol. The van der Waals surface area contributed by atoms with Gasteiger partial charge in [0.15, 0.2) is 0 Å². The summed E-state index contributed by atoms with van der Waals surface area (Å²) >= 11 is 1.63. The van der Waals surface area contributed by atoms with Crippen LogP contribution in [0.2, 0.25) is 0 Å². The molecule has 4 nitrogen and oxygen atoms in total. The van der Waals surface area contributed by atoms with Gasteiger partial charge in [0.1, 0.15) is 0 Å². The number of nitrogens with zero attached hydrogens (tertiary/aromatic N) is 1. The van der Waals surface area contributed by atoms with Gasteiger partial charge in [-0.25, -0.2) is 0 Å². The topological polar surface area (TPSA) is 63.4 Å². The van der Waals surface area contributed by atoms with Crippen molar-refractivity contribution in [2.75, 3.05) is 6.61 Å². The number of non-ortho nitro benzene ring substituents is 1. The van der Waals surface area contributed by atoms with E-state index in [9.17, 15) is 10.1 Å². The predicted octanol–water partition coefficient (Wildman–Crippen LogP) is 2.77. The lowest BCUT2D eigenvalue weighted by molar-refractivity contribution is -0.385. The minimum Gasteiger partial charge on any atom is -0.396 e. The number of nitro groups is 1. The Morgan fingerprint density at radius 1 is 1.56 bits per heavy atom. The molecule has 1 aromatic carbocycles. The first kappa shape index (κ1) is 13.0. The molecule has 0 saturated heterocycles. The summed E-state index contributed by atoms with van der Waals surface area (Å²) in [5.41, 5.74) is 1.03. The summed E-state index contributed by atoms with van der Waals surface area (Å²) in [4.78, 5) is 11.2. The summed E-state index contributed by atoms with van der Waals surface area (Å²) in [7, 11) is 0. The number of hydrogen-bond donors (Lipinski definition) is 1. The third-order valence-corrected chi connectivity index (χ3v) is 3.58. The Bertz CT molecular complexity index is 381. The molecule has 0 aliphatic heterocycles. The molecule has 1 atom stereocenters. The van der Waals surface area contributed by atoms with Crippen molar-refractivity contribution in [3.8, 4) is 0 Å². The molecule has 0 saturated carbocycles. The third-order valence-electron chi connectivity index (χ3n) is 2.23. The minimum absolute atomic E-state index is 0.122. The molecule has 5 heteroatoms. The number of rotatable bonds is 5. The van der Waals surface area contributed by atoms with Gasteiger partial charge in [-0.2, -0.15) is 0 Å². The minimum atomic E-state index is -0.390. The lowest BCUT2D eigenvalue weighted by atomic mass is 10.2. The zero-order chi connectivity index (χ0) is 12.1. The van der Waals surface area contributed by atoms with Crippen molar-refractivity contribution in [1.82, 2.24) is 0 Å². The first-order chi connectivity index (χ1) is 7.54. The Labute approximate surface area is 98.8 Å². The first-order valence-corrected chi connectivity index (χ1v) is 5.95. The second-order valence-corrected chi connectivity index (χ2v) is 5.13. The van der Waals surface area contributed by atoms with Gasteiger partial charge in [-0.3, -0.25) is 10.1 Å². The zero-order valence-corrected chi connectivity index (χ0v) is 10.2. The second kappa shape index (κ2) is 5.86. The van der Waals surface area contributed by atoms with Gasteiger partial charge in [0.05, 0.1) is 4.92 Å². The molecule has 1 unspecified atom stereocenters. The normalized spacial score (nSPS) is 12.4. The molecule has 88 valence electrons. The highest BCUT2D eigenvalue weighted by atomic mass is 32.2. The fourth-order valence-corrected chi connectivity index (χ4v) is 2.39. The largest absolute Gasteiger partial charge is 0.396 e. The van der Waals surface area contributed by atoms with E-state index in [2.05, 4.69) is 0 Å². The number of benzene rings is 1. The lowest BCUT2D eigenvalue weighted by Crippen LogP contribution is -2.00. The van der Waals surface area contributed by atoms with Crippen LogP contribution in [-0.4, -0.2) is 21.9 Å². The molecule has 16 heavy (non-hydrogen) atoms. The summed E-state index contributed by atoms with van der Waals surface area (Å²) in [5.74, 6) is 0. The molecule has 0 aliphatic rings. The highest BCUT2D eigenvalue weighted by Crippen LogP contribution is 2.30. The molecule has 0 amide bonds. The van der Waals surface area contributed by atoms with Crippen LogP contribution in [0.25, 0.3) is 0 Å². The predicted molar refractivity (Wildman–Crippen MR) is 64.9 cm³/mol. The van der Waals surface area contributed by atoms with Gasteiger partial charge in [0.25, 0.3) is 5.69 Å². The van der Waals surface area contributed by atoms with E-state index in [1.807, 2.05) is 13.8 Å². The maximum Gasteiger partial charge on any atom is 0.269 e. The fraction of sp³-hybridized carbons (Fsp3) is 0.455. The van der Waals surface area contributed by atoms with Gasteiger partial charge < -0.3 is 5.11 Å². The van der Waals surface area contributed by atoms with Crippen LogP contribution < -0.4 is 0 Å². The summed E-state index contributed by atoms with van der Waals surface area (Å²) in [6.45, 7) is 4.06. The van der Waals surface area contributed by atoms with Crippen LogP contribution in [0, 0.1) is 17.0 Å². The molecule has 0 radical (unpaired) electrons. The lowest BCUT2D eigenvalue weighted by Gasteiger charge is -2.11. The highest BCUT2D eigenvalue weighted by molar-refractivity contribution is 8.00. The molecule has 0 aliphatic carbocycles. The van der Waals surface area contributed by atoms with Crippen molar-refractivity contribution in [3.63, 3.8) is 0 Å². The average molecular weight is 241 g/mol. The molecule has 0 fully saturated rings. The van der Waals surface area contributed by atoms with Crippen molar-refractivity contribution in [1.29, 1.82) is 0 Å². The van der Waals surface area contributed by atoms with Crippen molar-refractivity contribution in [2.45, 2.75) is 30.4 Å². The van der Waals surface area contributed by atoms with Crippen LogP contribution in [-0.2, 0) is 0 Å². The van der Waals surface area contributed by atoms with Crippen molar-refractivity contribution >= 4 is 17.4 Å². The molecule has 1 N–H and O–H groups in total. The summed E-state index contributed by atoms with van der Waals surface area (Å²) < 4.78 is 0. The van der Waals surface area contributed by atoms with Gasteiger partial charge in [0, 0.05) is 28.9 Å². The van der Waals surface area contributed by atoms with Gasteiger partial charge in [-0.1, -0.05) is 6.92 Å². The molecular formula is C11H15NO3S. The van der Waals surface area contributed by atoms with E-state index in [0.29, 0.717) is 5.25 Å².